The third kappa shape index (κ3) is 9.57. The zero-order chi connectivity index (χ0) is 24.5. The lowest BCUT2D eigenvalue weighted by molar-refractivity contribution is 0.479. The van der Waals surface area contributed by atoms with Crippen LogP contribution in [-0.4, -0.2) is 25.9 Å². The van der Waals surface area contributed by atoms with Gasteiger partial charge in [0, 0.05) is 0 Å². The number of hydrogen-bond donors (Lipinski definition) is 2. The largest absolute Gasteiger partial charge is 0.294 e. The van der Waals surface area contributed by atoms with E-state index in [9.17, 15) is 25.9 Å². The molecule has 2 rings (SSSR count). The Morgan fingerprint density at radius 3 is 1.15 bits per heavy atom. The molecular formula is C25H36O6S2. The van der Waals surface area contributed by atoms with Crippen molar-refractivity contribution in [3.05, 3.63) is 58.7 Å². The van der Waals surface area contributed by atoms with Crippen molar-refractivity contribution in [1.29, 1.82) is 0 Å². The summed E-state index contributed by atoms with van der Waals surface area (Å²) in [6, 6.07) is 10.0. The molecule has 0 saturated heterocycles. The Bertz CT molecular complexity index is 1030. The van der Waals surface area contributed by atoms with Crippen molar-refractivity contribution in [3.63, 3.8) is 0 Å². The van der Waals surface area contributed by atoms with E-state index in [2.05, 4.69) is 0 Å². The summed E-state index contributed by atoms with van der Waals surface area (Å²) >= 11 is 0. The standard InChI is InChI=1S/C25H36O6S2/c1-20-14-16-24(32(26,27)28)22(18-20)12-10-8-6-4-3-5-7-9-11-13-23-19-21(2)15-17-25(23)33(29,30)31/h14-19H,3-13H2,1-2H3,(H,26,27,28)(H,29,30,31). The summed E-state index contributed by atoms with van der Waals surface area (Å²) in [6.07, 6.45) is 10.7. The molecule has 0 fully saturated rings. The maximum atomic E-state index is 11.5. The zero-order valence-corrected chi connectivity index (χ0v) is 21.2. The van der Waals surface area contributed by atoms with Crippen LogP contribution in [0.4, 0.5) is 0 Å². The quantitative estimate of drug-likeness (QED) is 0.242. The van der Waals surface area contributed by atoms with Gasteiger partial charge in [-0.25, -0.2) is 0 Å². The fourth-order valence-corrected chi connectivity index (χ4v) is 5.64. The molecule has 0 aliphatic carbocycles. The molecule has 0 bridgehead atoms. The lowest BCUT2D eigenvalue weighted by atomic mass is 10.0. The van der Waals surface area contributed by atoms with E-state index in [1.165, 1.54) is 12.1 Å². The molecule has 0 amide bonds. The molecule has 0 heterocycles. The van der Waals surface area contributed by atoms with E-state index in [-0.39, 0.29) is 9.79 Å². The van der Waals surface area contributed by atoms with Crippen LogP contribution in [0.5, 0.6) is 0 Å². The fraction of sp³-hybridized carbons (Fsp3) is 0.520. The van der Waals surface area contributed by atoms with Crippen molar-refractivity contribution < 1.29 is 25.9 Å². The minimum Gasteiger partial charge on any atom is -0.282 e. The third-order valence-electron chi connectivity index (χ3n) is 5.88. The van der Waals surface area contributed by atoms with Gasteiger partial charge in [-0.15, -0.1) is 0 Å². The second-order valence-corrected chi connectivity index (χ2v) is 11.6. The zero-order valence-electron chi connectivity index (χ0n) is 19.6. The van der Waals surface area contributed by atoms with E-state index in [1.807, 2.05) is 26.0 Å². The van der Waals surface area contributed by atoms with E-state index >= 15 is 0 Å². The molecule has 0 aliphatic heterocycles. The summed E-state index contributed by atoms with van der Waals surface area (Å²) in [6.45, 7) is 3.82. The lowest BCUT2D eigenvalue weighted by Gasteiger charge is -2.09. The smallest absolute Gasteiger partial charge is 0.282 e. The van der Waals surface area contributed by atoms with E-state index in [0.717, 1.165) is 68.9 Å². The first kappa shape index (κ1) is 27.5. The van der Waals surface area contributed by atoms with Gasteiger partial charge in [0.1, 0.15) is 0 Å². The lowest BCUT2D eigenvalue weighted by Crippen LogP contribution is -2.04. The van der Waals surface area contributed by atoms with Gasteiger partial charge in [0.2, 0.25) is 0 Å². The minimum atomic E-state index is -4.18. The number of benzene rings is 2. The normalized spacial score (nSPS) is 12.2. The topological polar surface area (TPSA) is 109 Å². The molecule has 0 radical (unpaired) electrons. The highest BCUT2D eigenvalue weighted by Gasteiger charge is 2.16. The summed E-state index contributed by atoms with van der Waals surface area (Å²) in [5.41, 5.74) is 3.33. The Balaban J connectivity index is 1.60. The van der Waals surface area contributed by atoms with Gasteiger partial charge >= 0.3 is 0 Å². The van der Waals surface area contributed by atoms with E-state index < -0.39 is 20.2 Å². The Kier molecular flexibility index (Phi) is 10.5. The van der Waals surface area contributed by atoms with Crippen molar-refractivity contribution >= 4 is 20.2 Å². The molecule has 2 N–H and O–H groups in total. The molecule has 0 saturated carbocycles. The maximum Gasteiger partial charge on any atom is 0.294 e. The SMILES string of the molecule is Cc1ccc(S(=O)(=O)O)c(CCCCCCCCCCCc2cc(C)ccc2S(=O)(=O)O)c1. The first-order valence-corrected chi connectivity index (χ1v) is 14.5. The molecule has 0 unspecified atom stereocenters. The number of aryl methyl sites for hydroxylation is 4. The molecule has 0 atom stereocenters. The predicted molar refractivity (Wildman–Crippen MR) is 131 cm³/mol. The maximum absolute atomic E-state index is 11.5. The molecule has 8 heteroatoms. The van der Waals surface area contributed by atoms with Crippen molar-refractivity contribution in [3.8, 4) is 0 Å². The molecule has 184 valence electrons. The third-order valence-corrected chi connectivity index (χ3v) is 7.79. The van der Waals surface area contributed by atoms with Gasteiger partial charge in [-0.2, -0.15) is 16.8 Å². The highest BCUT2D eigenvalue weighted by atomic mass is 32.2. The van der Waals surface area contributed by atoms with Gasteiger partial charge in [0.25, 0.3) is 20.2 Å². The van der Waals surface area contributed by atoms with Crippen molar-refractivity contribution in [2.45, 2.75) is 94.3 Å². The predicted octanol–water partition coefficient (Wildman–Crippen LogP) is 6.09. The van der Waals surface area contributed by atoms with Gasteiger partial charge in [-0.3, -0.25) is 9.11 Å². The monoisotopic (exact) mass is 496 g/mol. The summed E-state index contributed by atoms with van der Waals surface area (Å²) < 4.78 is 64.8. The molecular weight excluding hydrogens is 460 g/mol. The molecule has 33 heavy (non-hydrogen) atoms. The van der Waals surface area contributed by atoms with Crippen molar-refractivity contribution in [1.82, 2.24) is 0 Å². The molecule has 0 aromatic heterocycles. The fourth-order valence-electron chi connectivity index (χ4n) is 4.18. The van der Waals surface area contributed by atoms with Gasteiger partial charge in [-0.1, -0.05) is 80.3 Å². The van der Waals surface area contributed by atoms with Gasteiger partial charge < -0.3 is 0 Å². The molecule has 2 aromatic rings. The van der Waals surface area contributed by atoms with Crippen LogP contribution in [0, 0.1) is 13.8 Å². The van der Waals surface area contributed by atoms with Crippen LogP contribution in [-0.2, 0) is 33.1 Å². The Hall–Kier alpha value is -1.74. The summed E-state index contributed by atoms with van der Waals surface area (Å²) in [5.74, 6) is 0. The Labute approximate surface area is 198 Å². The van der Waals surface area contributed by atoms with Crippen LogP contribution in [0.25, 0.3) is 0 Å². The summed E-state index contributed by atoms with van der Waals surface area (Å²) in [7, 11) is -8.37. The van der Waals surface area contributed by atoms with Crippen LogP contribution in [0.2, 0.25) is 0 Å². The Morgan fingerprint density at radius 1 is 0.545 bits per heavy atom. The first-order valence-electron chi connectivity index (χ1n) is 11.6. The number of unbranched alkanes of at least 4 members (excludes halogenated alkanes) is 8. The van der Waals surface area contributed by atoms with E-state index in [0.29, 0.717) is 24.0 Å². The molecule has 2 aromatic carbocycles. The Morgan fingerprint density at radius 2 is 0.848 bits per heavy atom. The molecule has 0 aliphatic rings. The van der Waals surface area contributed by atoms with Crippen LogP contribution < -0.4 is 0 Å². The summed E-state index contributed by atoms with van der Waals surface area (Å²) in [5, 5.41) is 0. The molecule has 6 nitrogen and oxygen atoms in total. The van der Waals surface area contributed by atoms with Gasteiger partial charge in [0.15, 0.2) is 0 Å². The minimum absolute atomic E-state index is 0.0162. The molecule has 0 spiro atoms. The van der Waals surface area contributed by atoms with Gasteiger partial charge in [0.05, 0.1) is 9.79 Å². The van der Waals surface area contributed by atoms with Crippen LogP contribution >= 0.6 is 0 Å². The van der Waals surface area contributed by atoms with Crippen LogP contribution in [0.3, 0.4) is 0 Å². The summed E-state index contributed by atoms with van der Waals surface area (Å²) in [4.78, 5) is 0.0324. The van der Waals surface area contributed by atoms with E-state index in [1.54, 1.807) is 12.1 Å². The van der Waals surface area contributed by atoms with Crippen LogP contribution in [0.15, 0.2) is 46.2 Å². The highest BCUT2D eigenvalue weighted by Crippen LogP contribution is 2.22. The average Bonchev–Trinajstić information content (AvgIpc) is 2.70. The highest BCUT2D eigenvalue weighted by molar-refractivity contribution is 7.86. The van der Waals surface area contributed by atoms with Gasteiger partial charge in [-0.05, 0) is 62.8 Å². The van der Waals surface area contributed by atoms with Crippen molar-refractivity contribution in [2.24, 2.45) is 0 Å². The van der Waals surface area contributed by atoms with Crippen LogP contribution in [0.1, 0.15) is 80.0 Å². The van der Waals surface area contributed by atoms with E-state index in [4.69, 9.17) is 0 Å². The second-order valence-electron chi connectivity index (χ2n) is 8.85. The average molecular weight is 497 g/mol. The number of rotatable bonds is 14. The number of hydrogen-bond acceptors (Lipinski definition) is 4. The second kappa shape index (κ2) is 12.6. The van der Waals surface area contributed by atoms with Crippen molar-refractivity contribution in [2.75, 3.05) is 0 Å². The first-order chi connectivity index (χ1) is 15.5.